The van der Waals surface area contributed by atoms with Crippen molar-refractivity contribution in [2.24, 2.45) is 5.73 Å². The highest BCUT2D eigenvalue weighted by Crippen LogP contribution is 2.37. The molecular formula is C11H8N2O2. The summed E-state index contributed by atoms with van der Waals surface area (Å²) in [6, 6.07) is 9.11. The van der Waals surface area contributed by atoms with Gasteiger partial charge in [-0.3, -0.25) is 10.5 Å². The van der Waals surface area contributed by atoms with Crippen LogP contribution in [-0.2, 0) is 15.3 Å². The van der Waals surface area contributed by atoms with Gasteiger partial charge < -0.3 is 4.74 Å². The number of carbonyl (C=O) groups is 1. The van der Waals surface area contributed by atoms with Gasteiger partial charge in [-0.1, -0.05) is 24.3 Å². The van der Waals surface area contributed by atoms with Crippen molar-refractivity contribution in [1.82, 2.24) is 0 Å². The third-order valence-electron chi connectivity index (χ3n) is 2.36. The van der Waals surface area contributed by atoms with E-state index in [1.165, 1.54) is 6.08 Å². The number of allylic oxidation sites excluding steroid dienone is 1. The van der Waals surface area contributed by atoms with Crippen LogP contribution < -0.4 is 5.73 Å². The van der Waals surface area contributed by atoms with Gasteiger partial charge in [0.25, 0.3) is 6.47 Å². The number of hydrogen-bond donors (Lipinski definition) is 1. The lowest BCUT2D eigenvalue weighted by atomic mass is 10.0. The van der Waals surface area contributed by atoms with E-state index in [0.717, 1.165) is 0 Å². The van der Waals surface area contributed by atoms with Crippen molar-refractivity contribution in [3.8, 4) is 6.07 Å². The van der Waals surface area contributed by atoms with Gasteiger partial charge in [-0.25, -0.2) is 0 Å². The van der Waals surface area contributed by atoms with E-state index >= 15 is 0 Å². The molecule has 0 heterocycles. The molecule has 1 atom stereocenters. The number of benzene rings is 1. The van der Waals surface area contributed by atoms with Crippen LogP contribution in [0.4, 0.5) is 0 Å². The number of rotatable bonds is 2. The predicted molar refractivity (Wildman–Crippen MR) is 53.0 cm³/mol. The summed E-state index contributed by atoms with van der Waals surface area (Å²) in [5.74, 6) is 0. The molecule has 1 aliphatic rings. The number of nitriles is 1. The molecule has 0 aromatic heterocycles. The fraction of sp³-hybridized carbons (Fsp3) is 0.0909. The molecule has 0 saturated heterocycles. The maximum Gasteiger partial charge on any atom is 0.295 e. The highest BCUT2D eigenvalue weighted by atomic mass is 16.5. The molecule has 2 rings (SSSR count). The molecule has 15 heavy (non-hydrogen) atoms. The van der Waals surface area contributed by atoms with Gasteiger partial charge in [0.2, 0.25) is 5.72 Å². The van der Waals surface area contributed by atoms with Gasteiger partial charge in [0, 0.05) is 11.1 Å². The van der Waals surface area contributed by atoms with Crippen LogP contribution in [0, 0.1) is 11.3 Å². The number of hydrogen-bond acceptors (Lipinski definition) is 4. The molecule has 4 nitrogen and oxygen atoms in total. The van der Waals surface area contributed by atoms with Crippen molar-refractivity contribution in [2.75, 3.05) is 0 Å². The average Bonchev–Trinajstić information content (AvgIpc) is 2.54. The van der Waals surface area contributed by atoms with Gasteiger partial charge in [0.15, 0.2) is 0 Å². The second kappa shape index (κ2) is 3.23. The molecule has 2 N–H and O–H groups in total. The Hall–Kier alpha value is -2.12. The highest BCUT2D eigenvalue weighted by Gasteiger charge is 2.36. The summed E-state index contributed by atoms with van der Waals surface area (Å²) in [5.41, 5.74) is 6.34. The normalized spacial score (nSPS) is 22.5. The SMILES string of the molecule is N#CC1=CC(N)(OC=O)c2ccccc21. The molecule has 0 amide bonds. The van der Waals surface area contributed by atoms with Crippen LogP contribution in [0.5, 0.6) is 0 Å². The summed E-state index contributed by atoms with van der Waals surface area (Å²) in [6.45, 7) is 0.285. The molecule has 0 spiro atoms. The van der Waals surface area contributed by atoms with Gasteiger partial charge >= 0.3 is 0 Å². The minimum absolute atomic E-state index is 0.285. The molecule has 0 radical (unpaired) electrons. The van der Waals surface area contributed by atoms with E-state index < -0.39 is 5.72 Å². The lowest BCUT2D eigenvalue weighted by Gasteiger charge is -2.20. The molecule has 1 aromatic rings. The van der Waals surface area contributed by atoms with Gasteiger partial charge in [0.05, 0.1) is 11.6 Å². The van der Waals surface area contributed by atoms with Gasteiger partial charge in [-0.15, -0.1) is 0 Å². The number of fused-ring (bicyclic) bond motifs is 1. The average molecular weight is 200 g/mol. The second-order valence-corrected chi connectivity index (χ2v) is 3.22. The molecule has 0 fully saturated rings. The summed E-state index contributed by atoms with van der Waals surface area (Å²) in [6.07, 6.45) is 1.45. The number of nitrogens with zero attached hydrogens (tertiary/aromatic N) is 1. The first-order valence-electron chi connectivity index (χ1n) is 4.34. The summed E-state index contributed by atoms with van der Waals surface area (Å²) in [7, 11) is 0. The monoisotopic (exact) mass is 200 g/mol. The molecule has 1 unspecified atom stereocenters. The van der Waals surface area contributed by atoms with Crippen molar-refractivity contribution >= 4 is 12.0 Å². The number of nitrogens with two attached hydrogens (primary N) is 1. The highest BCUT2D eigenvalue weighted by molar-refractivity contribution is 5.84. The lowest BCUT2D eigenvalue weighted by molar-refractivity contribution is -0.139. The van der Waals surface area contributed by atoms with E-state index in [1.807, 2.05) is 6.07 Å². The maximum atomic E-state index is 10.4. The van der Waals surface area contributed by atoms with E-state index in [9.17, 15) is 4.79 Å². The Balaban J connectivity index is 2.61. The fourth-order valence-corrected chi connectivity index (χ4v) is 1.70. The largest absolute Gasteiger partial charge is 0.438 e. The van der Waals surface area contributed by atoms with E-state index in [0.29, 0.717) is 16.7 Å². The first-order valence-corrected chi connectivity index (χ1v) is 4.34. The second-order valence-electron chi connectivity index (χ2n) is 3.22. The molecule has 0 saturated carbocycles. The van der Waals surface area contributed by atoms with Gasteiger partial charge in [-0.05, 0) is 6.08 Å². The third kappa shape index (κ3) is 1.30. The van der Waals surface area contributed by atoms with Crippen molar-refractivity contribution in [2.45, 2.75) is 5.72 Å². The van der Waals surface area contributed by atoms with E-state index in [2.05, 4.69) is 0 Å². The van der Waals surface area contributed by atoms with Crippen LogP contribution in [0.15, 0.2) is 30.3 Å². The number of carbonyl (C=O) groups excluding carboxylic acids is 1. The van der Waals surface area contributed by atoms with E-state index in [-0.39, 0.29) is 6.47 Å². The van der Waals surface area contributed by atoms with E-state index in [1.54, 1.807) is 24.3 Å². The van der Waals surface area contributed by atoms with Crippen LogP contribution in [0.3, 0.4) is 0 Å². The summed E-state index contributed by atoms with van der Waals surface area (Å²) in [5, 5.41) is 8.90. The van der Waals surface area contributed by atoms with Crippen LogP contribution in [0.2, 0.25) is 0 Å². The van der Waals surface area contributed by atoms with Crippen LogP contribution >= 0.6 is 0 Å². The zero-order chi connectivity index (χ0) is 10.9. The Labute approximate surface area is 86.6 Å². The standard InChI is InChI=1S/C11H8N2O2/c12-6-8-5-11(13,15-7-14)10-4-2-1-3-9(8)10/h1-5,7H,13H2. The Morgan fingerprint density at radius 2 is 2.20 bits per heavy atom. The topological polar surface area (TPSA) is 76.1 Å². The third-order valence-corrected chi connectivity index (χ3v) is 2.36. The van der Waals surface area contributed by atoms with Crippen LogP contribution in [0.1, 0.15) is 11.1 Å². The van der Waals surface area contributed by atoms with Gasteiger partial charge in [0.1, 0.15) is 0 Å². The predicted octanol–water partition coefficient (Wildman–Crippen LogP) is 0.892. The first-order chi connectivity index (χ1) is 7.21. The molecule has 0 bridgehead atoms. The minimum atomic E-state index is -1.30. The maximum absolute atomic E-state index is 10.4. The Kier molecular flexibility index (Phi) is 2.03. The Bertz CT molecular complexity index is 488. The molecule has 1 aromatic carbocycles. The van der Waals surface area contributed by atoms with Crippen molar-refractivity contribution in [3.05, 3.63) is 41.5 Å². The summed E-state index contributed by atoms with van der Waals surface area (Å²) >= 11 is 0. The first kappa shape index (κ1) is 9.44. The minimum Gasteiger partial charge on any atom is -0.438 e. The van der Waals surface area contributed by atoms with Gasteiger partial charge in [-0.2, -0.15) is 5.26 Å². The Morgan fingerprint density at radius 3 is 2.87 bits per heavy atom. The zero-order valence-electron chi connectivity index (χ0n) is 7.81. The Morgan fingerprint density at radius 1 is 1.47 bits per heavy atom. The van der Waals surface area contributed by atoms with Crippen molar-refractivity contribution in [1.29, 1.82) is 5.26 Å². The van der Waals surface area contributed by atoms with Crippen LogP contribution in [-0.4, -0.2) is 6.47 Å². The zero-order valence-corrected chi connectivity index (χ0v) is 7.81. The summed E-state index contributed by atoms with van der Waals surface area (Å²) in [4.78, 5) is 10.4. The fourth-order valence-electron chi connectivity index (χ4n) is 1.70. The van der Waals surface area contributed by atoms with Crippen LogP contribution in [0.25, 0.3) is 5.57 Å². The van der Waals surface area contributed by atoms with E-state index in [4.69, 9.17) is 15.7 Å². The number of ether oxygens (including phenoxy) is 1. The molecule has 74 valence electrons. The summed E-state index contributed by atoms with van der Waals surface area (Å²) < 4.78 is 4.82. The molecular weight excluding hydrogens is 192 g/mol. The van der Waals surface area contributed by atoms with Crippen molar-refractivity contribution < 1.29 is 9.53 Å². The molecule has 1 aliphatic carbocycles. The molecule has 0 aliphatic heterocycles. The smallest absolute Gasteiger partial charge is 0.295 e. The lowest BCUT2D eigenvalue weighted by Crippen LogP contribution is -2.35. The van der Waals surface area contributed by atoms with Crippen molar-refractivity contribution in [3.63, 3.8) is 0 Å². The quantitative estimate of drug-likeness (QED) is 0.568. The molecule has 4 heteroatoms.